The third-order valence-corrected chi connectivity index (χ3v) is 4.73. The number of nitrogens with two attached hydrogens (primary N) is 2. The number of likely N-dealkylation sites (N-methyl/N-ethyl adjacent to an activating group) is 1. The van der Waals surface area contributed by atoms with E-state index in [0.29, 0.717) is 18.5 Å². The lowest BCUT2D eigenvalue weighted by molar-refractivity contribution is -0.125. The lowest BCUT2D eigenvalue weighted by atomic mass is 9.89. The molecular weight excluding hydrogens is 226 g/mol. The van der Waals surface area contributed by atoms with Crippen LogP contribution in [0.25, 0.3) is 0 Å². The first-order chi connectivity index (χ1) is 8.58. The van der Waals surface area contributed by atoms with Crippen LogP contribution in [0.1, 0.15) is 51.9 Å². The van der Waals surface area contributed by atoms with Gasteiger partial charge in [0.1, 0.15) is 5.54 Å². The zero-order chi connectivity index (χ0) is 13.2. The summed E-state index contributed by atoms with van der Waals surface area (Å²) in [6, 6.07) is 0.602. The van der Waals surface area contributed by atoms with Crippen molar-refractivity contribution in [3.8, 4) is 0 Å². The molecule has 2 fully saturated rings. The van der Waals surface area contributed by atoms with Gasteiger partial charge in [0.2, 0.25) is 5.91 Å². The van der Waals surface area contributed by atoms with Crippen molar-refractivity contribution in [2.75, 3.05) is 13.1 Å². The SMILES string of the molecule is CCN(CC(N)(C(N)=O)C1CC1)C1CCCCC1. The van der Waals surface area contributed by atoms with E-state index in [0.717, 1.165) is 19.4 Å². The Morgan fingerprint density at radius 2 is 1.83 bits per heavy atom. The predicted molar refractivity (Wildman–Crippen MR) is 73.0 cm³/mol. The Balaban J connectivity index is 2.01. The summed E-state index contributed by atoms with van der Waals surface area (Å²) in [5, 5.41) is 0. The highest BCUT2D eigenvalue weighted by Gasteiger charge is 2.48. The largest absolute Gasteiger partial charge is 0.368 e. The van der Waals surface area contributed by atoms with Crippen LogP contribution in [0.2, 0.25) is 0 Å². The minimum Gasteiger partial charge on any atom is -0.368 e. The van der Waals surface area contributed by atoms with Crippen LogP contribution in [-0.4, -0.2) is 35.5 Å². The van der Waals surface area contributed by atoms with E-state index in [1.165, 1.54) is 32.1 Å². The highest BCUT2D eigenvalue weighted by molar-refractivity contribution is 5.85. The van der Waals surface area contributed by atoms with E-state index in [2.05, 4.69) is 11.8 Å². The number of hydrogen-bond acceptors (Lipinski definition) is 3. The zero-order valence-corrected chi connectivity index (χ0v) is 11.5. The molecular formula is C14H27N3O. The molecule has 2 rings (SSSR count). The second-order valence-corrected chi connectivity index (χ2v) is 6.03. The Hall–Kier alpha value is -0.610. The van der Waals surface area contributed by atoms with Crippen LogP contribution in [0.3, 0.4) is 0 Å². The van der Waals surface area contributed by atoms with Gasteiger partial charge in [0, 0.05) is 12.6 Å². The molecule has 104 valence electrons. The Morgan fingerprint density at radius 3 is 2.28 bits per heavy atom. The van der Waals surface area contributed by atoms with E-state index in [1.54, 1.807) is 0 Å². The maximum atomic E-state index is 11.7. The van der Waals surface area contributed by atoms with Crippen LogP contribution in [0.5, 0.6) is 0 Å². The average molecular weight is 253 g/mol. The van der Waals surface area contributed by atoms with Crippen molar-refractivity contribution < 1.29 is 4.79 Å². The van der Waals surface area contributed by atoms with Gasteiger partial charge < -0.3 is 11.5 Å². The van der Waals surface area contributed by atoms with Gasteiger partial charge in [-0.25, -0.2) is 0 Å². The lowest BCUT2D eigenvalue weighted by Gasteiger charge is -2.39. The fraction of sp³-hybridized carbons (Fsp3) is 0.929. The lowest BCUT2D eigenvalue weighted by Crippen LogP contribution is -2.62. The number of nitrogens with zero attached hydrogens (tertiary/aromatic N) is 1. The van der Waals surface area contributed by atoms with Gasteiger partial charge in [-0.1, -0.05) is 26.2 Å². The van der Waals surface area contributed by atoms with Crippen molar-refractivity contribution in [2.45, 2.75) is 63.5 Å². The van der Waals surface area contributed by atoms with Gasteiger partial charge in [-0.05, 0) is 38.1 Å². The molecule has 0 aromatic carbocycles. The molecule has 0 bridgehead atoms. The molecule has 0 aromatic rings. The van der Waals surface area contributed by atoms with Crippen molar-refractivity contribution >= 4 is 5.91 Å². The van der Waals surface area contributed by atoms with Crippen molar-refractivity contribution in [1.29, 1.82) is 0 Å². The zero-order valence-electron chi connectivity index (χ0n) is 11.5. The number of carbonyl (C=O) groups is 1. The molecule has 1 unspecified atom stereocenters. The number of hydrogen-bond donors (Lipinski definition) is 2. The molecule has 2 saturated carbocycles. The standard InChI is InChI=1S/C14H27N3O/c1-2-17(12-6-4-3-5-7-12)10-14(16,13(15)18)11-8-9-11/h11-12H,2-10,16H2,1H3,(H2,15,18). The normalized spacial score (nSPS) is 25.1. The number of primary amides is 1. The first kappa shape index (κ1) is 13.8. The summed E-state index contributed by atoms with van der Waals surface area (Å²) in [6.45, 7) is 3.76. The Bertz CT molecular complexity index is 297. The van der Waals surface area contributed by atoms with E-state index < -0.39 is 5.54 Å². The molecule has 1 atom stereocenters. The maximum absolute atomic E-state index is 11.7. The van der Waals surface area contributed by atoms with Gasteiger partial charge in [-0.15, -0.1) is 0 Å². The van der Waals surface area contributed by atoms with Gasteiger partial charge >= 0.3 is 0 Å². The molecule has 4 N–H and O–H groups in total. The van der Waals surface area contributed by atoms with Crippen molar-refractivity contribution in [3.05, 3.63) is 0 Å². The van der Waals surface area contributed by atoms with Gasteiger partial charge in [0.25, 0.3) is 0 Å². The topological polar surface area (TPSA) is 72.3 Å². The van der Waals surface area contributed by atoms with E-state index in [4.69, 9.17) is 11.5 Å². The molecule has 18 heavy (non-hydrogen) atoms. The summed E-state index contributed by atoms with van der Waals surface area (Å²) in [4.78, 5) is 14.1. The van der Waals surface area contributed by atoms with Crippen molar-refractivity contribution in [2.24, 2.45) is 17.4 Å². The van der Waals surface area contributed by atoms with Crippen LogP contribution in [0.15, 0.2) is 0 Å². The summed E-state index contributed by atoms with van der Waals surface area (Å²) in [5.74, 6) is -0.00750. The van der Waals surface area contributed by atoms with E-state index >= 15 is 0 Å². The molecule has 0 aliphatic heterocycles. The van der Waals surface area contributed by atoms with E-state index in [9.17, 15) is 4.79 Å². The molecule has 0 radical (unpaired) electrons. The third-order valence-electron chi connectivity index (χ3n) is 4.73. The van der Waals surface area contributed by atoms with Crippen LogP contribution < -0.4 is 11.5 Å². The summed E-state index contributed by atoms with van der Waals surface area (Å²) in [6.07, 6.45) is 8.56. The van der Waals surface area contributed by atoms with Gasteiger partial charge in [-0.2, -0.15) is 0 Å². The van der Waals surface area contributed by atoms with Crippen LogP contribution >= 0.6 is 0 Å². The van der Waals surface area contributed by atoms with Crippen molar-refractivity contribution in [3.63, 3.8) is 0 Å². The minimum absolute atomic E-state index is 0.313. The number of rotatable bonds is 6. The molecule has 1 amide bonds. The monoisotopic (exact) mass is 253 g/mol. The summed E-state index contributed by atoms with van der Waals surface area (Å²) < 4.78 is 0. The highest BCUT2D eigenvalue weighted by Crippen LogP contribution is 2.39. The Morgan fingerprint density at radius 1 is 1.22 bits per heavy atom. The number of carbonyl (C=O) groups excluding carboxylic acids is 1. The predicted octanol–water partition coefficient (Wildman–Crippen LogP) is 1.23. The van der Waals surface area contributed by atoms with Gasteiger partial charge in [-0.3, -0.25) is 9.69 Å². The minimum atomic E-state index is -0.798. The smallest absolute Gasteiger partial charge is 0.239 e. The molecule has 0 aromatic heterocycles. The second-order valence-electron chi connectivity index (χ2n) is 6.03. The molecule has 2 aliphatic carbocycles. The molecule has 2 aliphatic rings. The maximum Gasteiger partial charge on any atom is 0.239 e. The molecule has 0 saturated heterocycles. The highest BCUT2D eigenvalue weighted by atomic mass is 16.1. The Labute approximate surface area is 110 Å². The first-order valence-electron chi connectivity index (χ1n) is 7.40. The fourth-order valence-corrected chi connectivity index (χ4v) is 3.29. The van der Waals surface area contributed by atoms with Crippen LogP contribution in [-0.2, 0) is 4.79 Å². The molecule has 4 heteroatoms. The second kappa shape index (κ2) is 5.57. The van der Waals surface area contributed by atoms with Crippen LogP contribution in [0.4, 0.5) is 0 Å². The summed E-state index contributed by atoms with van der Waals surface area (Å²) >= 11 is 0. The van der Waals surface area contributed by atoms with Gasteiger partial charge in [0.05, 0.1) is 0 Å². The van der Waals surface area contributed by atoms with E-state index in [-0.39, 0.29) is 5.91 Å². The summed E-state index contributed by atoms with van der Waals surface area (Å²) in [7, 11) is 0. The third kappa shape index (κ3) is 2.86. The Kier molecular flexibility index (Phi) is 4.28. The fourth-order valence-electron chi connectivity index (χ4n) is 3.29. The quantitative estimate of drug-likeness (QED) is 0.748. The molecule has 0 spiro atoms. The summed E-state index contributed by atoms with van der Waals surface area (Å²) in [5.41, 5.74) is 11.1. The molecule has 4 nitrogen and oxygen atoms in total. The van der Waals surface area contributed by atoms with Crippen molar-refractivity contribution in [1.82, 2.24) is 4.90 Å². The van der Waals surface area contributed by atoms with E-state index in [1.807, 2.05) is 0 Å². The molecule has 0 heterocycles. The van der Waals surface area contributed by atoms with Gasteiger partial charge in [0.15, 0.2) is 0 Å². The number of amides is 1. The average Bonchev–Trinajstić information content (AvgIpc) is 3.21. The first-order valence-corrected chi connectivity index (χ1v) is 7.40. The van der Waals surface area contributed by atoms with Crippen LogP contribution in [0, 0.1) is 5.92 Å².